The van der Waals surface area contributed by atoms with Gasteiger partial charge in [0, 0.05) is 12.8 Å². The van der Waals surface area contributed by atoms with E-state index >= 15 is 0 Å². The molecule has 0 saturated carbocycles. The first kappa shape index (κ1) is 33.3. The summed E-state index contributed by atoms with van der Waals surface area (Å²) in [5.74, 6) is 0.346. The number of Topliss-reactive ketones (excluding diaryl/α,β-unsaturated/α-hetero) is 2. The van der Waals surface area contributed by atoms with Crippen LogP contribution < -0.4 is 0 Å². The molecule has 0 aliphatic rings. The molecule has 0 atom stereocenters. The van der Waals surface area contributed by atoms with E-state index in [2.05, 4.69) is 13.8 Å². The van der Waals surface area contributed by atoms with Gasteiger partial charge in [0.25, 0.3) is 0 Å². The van der Waals surface area contributed by atoms with Gasteiger partial charge in [-0.25, -0.2) is 0 Å². The average Bonchev–Trinajstić information content (AvgIpc) is 2.82. The molecule has 0 aromatic carbocycles. The number of carbonyl (C=O) groups excluding carboxylic acids is 2. The van der Waals surface area contributed by atoms with Gasteiger partial charge < -0.3 is 0 Å². The molecule has 0 fully saturated rings. The molecular weight excluding hydrogens is 416 g/mol. The van der Waals surface area contributed by atoms with E-state index in [-0.39, 0.29) is 18.0 Å². The molecule has 0 amide bonds. The van der Waals surface area contributed by atoms with Crippen LogP contribution in [-0.4, -0.2) is 11.6 Å². The zero-order chi connectivity index (χ0) is 25.0. The van der Waals surface area contributed by atoms with Crippen LogP contribution in [0.25, 0.3) is 0 Å². The summed E-state index contributed by atoms with van der Waals surface area (Å²) >= 11 is 0. The highest BCUT2D eigenvalue weighted by Crippen LogP contribution is 2.15. The lowest BCUT2D eigenvalue weighted by Gasteiger charge is -2.04. The normalized spacial score (nSPS) is 11.2. The Balaban J connectivity index is 3.29. The fourth-order valence-electron chi connectivity index (χ4n) is 4.90. The van der Waals surface area contributed by atoms with Crippen molar-refractivity contribution in [1.29, 1.82) is 0 Å². The summed E-state index contributed by atoms with van der Waals surface area (Å²) in [5.41, 5.74) is 0. The van der Waals surface area contributed by atoms with Crippen molar-refractivity contribution in [2.75, 3.05) is 0 Å². The van der Waals surface area contributed by atoms with Crippen LogP contribution in [0.2, 0.25) is 0 Å². The number of hydrogen-bond acceptors (Lipinski definition) is 2. The lowest BCUT2D eigenvalue weighted by atomic mass is 10.0. The van der Waals surface area contributed by atoms with Crippen LogP contribution in [0.1, 0.15) is 194 Å². The Bertz CT molecular complexity index is 429. The van der Waals surface area contributed by atoms with Gasteiger partial charge in [0.15, 0.2) is 0 Å². The third-order valence-corrected chi connectivity index (χ3v) is 7.26. The van der Waals surface area contributed by atoms with E-state index < -0.39 is 0 Å². The number of rotatable bonds is 29. The predicted octanol–water partition coefficient (Wildman–Crippen LogP) is 11.1. The molecule has 2 nitrogen and oxygen atoms in total. The van der Waals surface area contributed by atoms with Crippen LogP contribution in [0.3, 0.4) is 0 Å². The van der Waals surface area contributed by atoms with E-state index in [1.807, 2.05) is 0 Å². The van der Waals surface area contributed by atoms with E-state index in [0.29, 0.717) is 12.8 Å². The molecule has 0 aliphatic carbocycles. The molecular formula is C32H62O2. The Labute approximate surface area is 214 Å². The molecule has 0 N–H and O–H groups in total. The third kappa shape index (κ3) is 27.6. The zero-order valence-electron chi connectivity index (χ0n) is 23.6. The van der Waals surface area contributed by atoms with Gasteiger partial charge in [-0.1, -0.05) is 162 Å². The fraction of sp³-hybridized carbons (Fsp3) is 0.938. The van der Waals surface area contributed by atoms with Crippen molar-refractivity contribution in [3.63, 3.8) is 0 Å². The third-order valence-electron chi connectivity index (χ3n) is 7.26. The van der Waals surface area contributed by atoms with Crippen LogP contribution in [0, 0.1) is 0 Å². The maximum absolute atomic E-state index is 12.1. The summed E-state index contributed by atoms with van der Waals surface area (Å²) in [6.45, 7) is 4.54. The molecule has 0 radical (unpaired) electrons. The molecule has 0 spiro atoms. The van der Waals surface area contributed by atoms with Crippen molar-refractivity contribution in [1.82, 2.24) is 0 Å². The smallest absolute Gasteiger partial charge is 0.140 e. The molecule has 34 heavy (non-hydrogen) atoms. The average molecular weight is 479 g/mol. The van der Waals surface area contributed by atoms with Gasteiger partial charge in [-0.2, -0.15) is 0 Å². The molecule has 2 heteroatoms. The van der Waals surface area contributed by atoms with Crippen molar-refractivity contribution in [3.05, 3.63) is 0 Å². The number of unbranched alkanes of at least 4 members (excludes halogenated alkanes) is 23. The van der Waals surface area contributed by atoms with E-state index in [9.17, 15) is 9.59 Å². The second kappa shape index (κ2) is 28.6. The number of hydrogen-bond donors (Lipinski definition) is 0. The van der Waals surface area contributed by atoms with Crippen molar-refractivity contribution >= 4 is 11.6 Å². The molecule has 0 rings (SSSR count). The first-order valence-electron chi connectivity index (χ1n) is 15.7. The van der Waals surface area contributed by atoms with Crippen LogP contribution >= 0.6 is 0 Å². The SMILES string of the molecule is CCCCCCCCCCCCCCCC(=O)CC(=O)CCCCCCCCCCCCCC. The predicted molar refractivity (Wildman–Crippen MR) is 151 cm³/mol. The van der Waals surface area contributed by atoms with Crippen LogP contribution in [-0.2, 0) is 9.59 Å². The first-order chi connectivity index (χ1) is 16.7. The van der Waals surface area contributed by atoms with E-state index in [0.717, 1.165) is 25.7 Å². The lowest BCUT2D eigenvalue weighted by molar-refractivity contribution is -0.127. The Morgan fingerprint density at radius 1 is 0.324 bits per heavy atom. The Morgan fingerprint density at radius 2 is 0.529 bits per heavy atom. The van der Waals surface area contributed by atoms with Crippen LogP contribution in [0.4, 0.5) is 0 Å². The molecule has 0 bridgehead atoms. The minimum absolute atomic E-state index is 0.173. The topological polar surface area (TPSA) is 34.1 Å². The van der Waals surface area contributed by atoms with Gasteiger partial charge in [-0.3, -0.25) is 9.59 Å². The second-order valence-electron chi connectivity index (χ2n) is 10.9. The molecule has 0 saturated heterocycles. The minimum atomic E-state index is 0.173. The maximum atomic E-state index is 12.1. The van der Waals surface area contributed by atoms with Gasteiger partial charge in [-0.15, -0.1) is 0 Å². The van der Waals surface area contributed by atoms with Gasteiger partial charge >= 0.3 is 0 Å². The molecule has 202 valence electrons. The summed E-state index contributed by atoms with van der Waals surface area (Å²) in [4.78, 5) is 24.1. The molecule has 0 aromatic heterocycles. The Hall–Kier alpha value is -0.660. The van der Waals surface area contributed by atoms with E-state index in [1.54, 1.807) is 0 Å². The summed E-state index contributed by atoms with van der Waals surface area (Å²) in [7, 11) is 0. The molecule has 0 aliphatic heterocycles. The molecule has 0 heterocycles. The fourth-order valence-corrected chi connectivity index (χ4v) is 4.90. The van der Waals surface area contributed by atoms with E-state index in [1.165, 1.54) is 135 Å². The second-order valence-corrected chi connectivity index (χ2v) is 10.9. The summed E-state index contributed by atoms with van der Waals surface area (Å²) in [6.07, 6.45) is 34.3. The van der Waals surface area contributed by atoms with Crippen molar-refractivity contribution in [2.45, 2.75) is 194 Å². The quantitative estimate of drug-likeness (QED) is 0.0791. The number of carbonyl (C=O) groups is 2. The van der Waals surface area contributed by atoms with Gasteiger partial charge in [0.05, 0.1) is 6.42 Å². The highest BCUT2D eigenvalue weighted by atomic mass is 16.1. The largest absolute Gasteiger partial charge is 0.299 e. The summed E-state index contributed by atoms with van der Waals surface area (Å²) < 4.78 is 0. The van der Waals surface area contributed by atoms with Gasteiger partial charge in [-0.05, 0) is 12.8 Å². The highest BCUT2D eigenvalue weighted by molar-refractivity contribution is 5.98. The lowest BCUT2D eigenvalue weighted by Crippen LogP contribution is -2.07. The maximum Gasteiger partial charge on any atom is 0.140 e. The number of ketones is 2. The first-order valence-corrected chi connectivity index (χ1v) is 15.7. The molecule has 0 unspecified atom stereocenters. The van der Waals surface area contributed by atoms with Crippen molar-refractivity contribution in [3.8, 4) is 0 Å². The summed E-state index contributed by atoms with van der Waals surface area (Å²) in [5, 5.41) is 0. The standard InChI is InChI=1S/C32H62O2/c1-3-5-7-9-11-13-15-17-19-21-23-25-27-29-32(34)30-31(33)28-26-24-22-20-18-16-14-12-10-8-6-4-2/h3-30H2,1-2H3. The van der Waals surface area contributed by atoms with Gasteiger partial charge in [0.2, 0.25) is 0 Å². The van der Waals surface area contributed by atoms with Crippen LogP contribution in [0.15, 0.2) is 0 Å². The van der Waals surface area contributed by atoms with Crippen LogP contribution in [0.5, 0.6) is 0 Å². The highest BCUT2D eigenvalue weighted by Gasteiger charge is 2.09. The van der Waals surface area contributed by atoms with E-state index in [4.69, 9.17) is 0 Å². The van der Waals surface area contributed by atoms with Crippen molar-refractivity contribution < 1.29 is 9.59 Å². The Kier molecular flexibility index (Phi) is 28.0. The molecule has 0 aromatic rings. The zero-order valence-corrected chi connectivity index (χ0v) is 23.6. The Morgan fingerprint density at radius 3 is 0.765 bits per heavy atom. The monoisotopic (exact) mass is 478 g/mol. The summed E-state index contributed by atoms with van der Waals surface area (Å²) in [6, 6.07) is 0. The van der Waals surface area contributed by atoms with Crippen molar-refractivity contribution in [2.24, 2.45) is 0 Å². The van der Waals surface area contributed by atoms with Gasteiger partial charge in [0.1, 0.15) is 11.6 Å². The minimum Gasteiger partial charge on any atom is -0.299 e.